The van der Waals surface area contributed by atoms with E-state index in [4.69, 9.17) is 20.4 Å². The van der Waals surface area contributed by atoms with E-state index < -0.39 is 5.97 Å². The number of fused-ring (bicyclic) bond motifs is 1. The first-order valence-electron chi connectivity index (χ1n) is 3.84. The lowest BCUT2D eigenvalue weighted by Crippen LogP contribution is -1.98. The Kier molecular flexibility index (Phi) is 1.60. The van der Waals surface area contributed by atoms with Gasteiger partial charge in [0.2, 0.25) is 5.76 Å². The highest BCUT2D eigenvalue weighted by atomic mass is 16.4. The van der Waals surface area contributed by atoms with Crippen LogP contribution in [-0.2, 0) is 0 Å². The van der Waals surface area contributed by atoms with E-state index in [1.807, 2.05) is 0 Å². The molecule has 14 heavy (non-hydrogen) atoms. The highest BCUT2D eigenvalue weighted by molar-refractivity contribution is 6.02. The molecule has 0 atom stereocenters. The van der Waals surface area contributed by atoms with Gasteiger partial charge >= 0.3 is 5.97 Å². The number of hydrogen-bond acceptors (Lipinski definition) is 4. The minimum absolute atomic E-state index is 0.00295. The second-order valence-electron chi connectivity index (χ2n) is 2.83. The predicted octanol–water partition coefficient (Wildman–Crippen LogP) is 1.42. The second kappa shape index (κ2) is 2.66. The van der Waals surface area contributed by atoms with Gasteiger partial charge in [0, 0.05) is 11.5 Å². The van der Waals surface area contributed by atoms with E-state index in [0.717, 1.165) is 0 Å². The summed E-state index contributed by atoms with van der Waals surface area (Å²) in [4.78, 5) is 10.6. The zero-order valence-electron chi connectivity index (χ0n) is 7.02. The smallest absolute Gasteiger partial charge is 0.374 e. The fourth-order valence-corrected chi connectivity index (χ4v) is 1.26. The zero-order valence-corrected chi connectivity index (χ0v) is 7.02. The third-order valence-electron chi connectivity index (χ3n) is 1.91. The molecule has 2 aromatic rings. The lowest BCUT2D eigenvalue weighted by molar-refractivity contribution is 0.0666. The number of carbonyl (C=O) groups is 1. The average Bonchev–Trinajstić information content (AvgIpc) is 2.43. The monoisotopic (exact) mass is 193 g/mol. The van der Waals surface area contributed by atoms with E-state index in [0.29, 0.717) is 5.39 Å². The quantitative estimate of drug-likeness (QED) is 0.636. The van der Waals surface area contributed by atoms with Gasteiger partial charge in [-0.05, 0) is 12.1 Å². The summed E-state index contributed by atoms with van der Waals surface area (Å²) in [6, 6.07) is 4.24. The molecule has 0 saturated carbocycles. The Morgan fingerprint density at radius 1 is 1.43 bits per heavy atom. The normalized spacial score (nSPS) is 10.6. The number of carboxylic acids is 1. The van der Waals surface area contributed by atoms with E-state index in [9.17, 15) is 4.79 Å². The summed E-state index contributed by atoms with van der Waals surface area (Å²) in [5, 5.41) is 18.3. The second-order valence-corrected chi connectivity index (χ2v) is 2.83. The highest BCUT2D eigenvalue weighted by Gasteiger charge is 2.17. The van der Waals surface area contributed by atoms with Crippen molar-refractivity contribution in [2.75, 3.05) is 5.73 Å². The molecule has 0 unspecified atom stereocenters. The Balaban J connectivity index is 2.79. The average molecular weight is 193 g/mol. The molecule has 0 bridgehead atoms. The molecule has 0 radical (unpaired) electrons. The highest BCUT2D eigenvalue weighted by Crippen LogP contribution is 2.30. The summed E-state index contributed by atoms with van der Waals surface area (Å²) in [5.41, 5.74) is 5.87. The molecule has 5 heteroatoms. The van der Waals surface area contributed by atoms with Crippen LogP contribution in [0.2, 0.25) is 0 Å². The van der Waals surface area contributed by atoms with Gasteiger partial charge < -0.3 is 20.4 Å². The van der Waals surface area contributed by atoms with Gasteiger partial charge in [-0.2, -0.15) is 0 Å². The molecule has 0 amide bonds. The fraction of sp³-hybridized carbons (Fsp3) is 0. The molecule has 1 aromatic heterocycles. The lowest BCUT2D eigenvalue weighted by Gasteiger charge is -1.90. The number of phenols is 1. The first-order valence-corrected chi connectivity index (χ1v) is 3.84. The van der Waals surface area contributed by atoms with E-state index >= 15 is 0 Å². The van der Waals surface area contributed by atoms with Crippen LogP contribution in [0.5, 0.6) is 5.75 Å². The number of phenolic OH excluding ortho intramolecular Hbond substituents is 1. The van der Waals surface area contributed by atoms with E-state index in [2.05, 4.69) is 0 Å². The summed E-state index contributed by atoms with van der Waals surface area (Å²) in [7, 11) is 0. The maximum Gasteiger partial charge on any atom is 0.374 e. The van der Waals surface area contributed by atoms with Crippen LogP contribution in [0.25, 0.3) is 11.0 Å². The van der Waals surface area contributed by atoms with Crippen molar-refractivity contribution in [3.05, 3.63) is 24.0 Å². The van der Waals surface area contributed by atoms with Crippen LogP contribution in [0.1, 0.15) is 10.6 Å². The third kappa shape index (κ3) is 1.06. The van der Waals surface area contributed by atoms with Crippen molar-refractivity contribution in [2.45, 2.75) is 0 Å². The van der Waals surface area contributed by atoms with Gasteiger partial charge in [-0.1, -0.05) is 0 Å². The standard InChI is InChI=1S/C9H7NO4/c10-7-5-2-1-4(11)3-6(5)14-8(7)9(12)13/h1-3,11H,10H2,(H,12,13). The molecule has 0 fully saturated rings. The summed E-state index contributed by atoms with van der Waals surface area (Å²) >= 11 is 0. The summed E-state index contributed by atoms with van der Waals surface area (Å²) in [6.07, 6.45) is 0. The maximum atomic E-state index is 10.6. The van der Waals surface area contributed by atoms with Crippen LogP contribution >= 0.6 is 0 Å². The molecule has 4 N–H and O–H groups in total. The van der Waals surface area contributed by atoms with Gasteiger partial charge in [0.25, 0.3) is 0 Å². The molecule has 1 heterocycles. The van der Waals surface area contributed by atoms with Crippen molar-refractivity contribution in [2.24, 2.45) is 0 Å². The number of furan rings is 1. The molecule has 5 nitrogen and oxygen atoms in total. The molecule has 72 valence electrons. The van der Waals surface area contributed by atoms with Crippen molar-refractivity contribution in [1.29, 1.82) is 0 Å². The van der Waals surface area contributed by atoms with Gasteiger partial charge in [-0.3, -0.25) is 0 Å². The number of hydrogen-bond donors (Lipinski definition) is 3. The topological polar surface area (TPSA) is 96.7 Å². The zero-order chi connectivity index (χ0) is 10.3. The number of aromatic carboxylic acids is 1. The molecular weight excluding hydrogens is 186 g/mol. The predicted molar refractivity (Wildman–Crippen MR) is 49.3 cm³/mol. The Morgan fingerprint density at radius 2 is 2.14 bits per heavy atom. The van der Waals surface area contributed by atoms with Crippen molar-refractivity contribution in [3.8, 4) is 5.75 Å². The molecule has 1 aromatic carbocycles. The minimum atomic E-state index is -1.22. The van der Waals surface area contributed by atoms with Crippen LogP contribution in [0, 0.1) is 0 Å². The first-order chi connectivity index (χ1) is 6.59. The molecule has 0 spiro atoms. The van der Waals surface area contributed by atoms with Crippen LogP contribution in [0.3, 0.4) is 0 Å². The number of carboxylic acid groups (broad SMARTS) is 1. The Labute approximate surface area is 78.4 Å². The van der Waals surface area contributed by atoms with Crippen LogP contribution in [-0.4, -0.2) is 16.2 Å². The molecule has 0 saturated heterocycles. The fourth-order valence-electron chi connectivity index (χ4n) is 1.26. The number of benzene rings is 1. The number of nitrogens with two attached hydrogens (primary N) is 1. The van der Waals surface area contributed by atoms with Gasteiger partial charge in [0.1, 0.15) is 11.3 Å². The van der Waals surface area contributed by atoms with Crippen molar-refractivity contribution in [3.63, 3.8) is 0 Å². The van der Waals surface area contributed by atoms with E-state index in [1.165, 1.54) is 18.2 Å². The van der Waals surface area contributed by atoms with Gasteiger partial charge in [-0.15, -0.1) is 0 Å². The third-order valence-corrected chi connectivity index (χ3v) is 1.91. The molecule has 0 aliphatic rings. The van der Waals surface area contributed by atoms with E-state index in [-0.39, 0.29) is 22.8 Å². The SMILES string of the molecule is Nc1c(C(=O)O)oc2cc(O)ccc12. The summed E-state index contributed by atoms with van der Waals surface area (Å²) < 4.78 is 4.96. The maximum absolute atomic E-state index is 10.6. The summed E-state index contributed by atoms with van der Waals surface area (Å²) in [6.45, 7) is 0. The Morgan fingerprint density at radius 3 is 2.79 bits per heavy atom. The molecule has 2 rings (SSSR count). The Bertz CT molecular complexity index is 515. The summed E-state index contributed by atoms with van der Waals surface area (Å²) in [5.74, 6) is -1.52. The van der Waals surface area contributed by atoms with Crippen molar-refractivity contribution < 1.29 is 19.4 Å². The largest absolute Gasteiger partial charge is 0.508 e. The van der Waals surface area contributed by atoms with Crippen LogP contribution in [0.15, 0.2) is 22.6 Å². The van der Waals surface area contributed by atoms with E-state index in [1.54, 1.807) is 0 Å². The molecular formula is C9H7NO4. The molecule has 0 aliphatic heterocycles. The van der Waals surface area contributed by atoms with Crippen molar-refractivity contribution >= 4 is 22.6 Å². The number of rotatable bonds is 1. The van der Waals surface area contributed by atoms with Crippen molar-refractivity contribution in [1.82, 2.24) is 0 Å². The van der Waals surface area contributed by atoms with Crippen LogP contribution in [0.4, 0.5) is 5.69 Å². The Hall–Kier alpha value is -2.17. The number of anilines is 1. The van der Waals surface area contributed by atoms with Gasteiger partial charge in [0.05, 0.1) is 5.69 Å². The van der Waals surface area contributed by atoms with Gasteiger partial charge in [-0.25, -0.2) is 4.79 Å². The number of aromatic hydroxyl groups is 1. The molecule has 0 aliphatic carbocycles. The van der Waals surface area contributed by atoms with Crippen LogP contribution < -0.4 is 5.73 Å². The first kappa shape index (κ1) is 8.43. The number of nitrogen functional groups attached to an aromatic ring is 1. The lowest BCUT2D eigenvalue weighted by atomic mass is 10.2. The minimum Gasteiger partial charge on any atom is -0.508 e. The van der Waals surface area contributed by atoms with Gasteiger partial charge in [0.15, 0.2) is 0 Å².